The van der Waals surface area contributed by atoms with Crippen LogP contribution < -0.4 is 0 Å². The van der Waals surface area contributed by atoms with Crippen LogP contribution in [0.2, 0.25) is 0 Å². The first-order valence-corrected chi connectivity index (χ1v) is 9.04. The highest BCUT2D eigenvalue weighted by atomic mass is 14.5. The van der Waals surface area contributed by atoms with Gasteiger partial charge in [-0.3, -0.25) is 0 Å². The average Bonchev–Trinajstić information content (AvgIpc) is 2.35. The van der Waals surface area contributed by atoms with Crippen LogP contribution in [-0.4, -0.2) is 0 Å². The lowest BCUT2D eigenvalue weighted by Crippen LogP contribution is -2.43. The van der Waals surface area contributed by atoms with Crippen LogP contribution in [0.4, 0.5) is 0 Å². The fraction of sp³-hybridized carbons (Fsp3) is 0.900. The lowest BCUT2D eigenvalue weighted by atomic mass is 9.52. The minimum atomic E-state index is 0.473. The Kier molecular flexibility index (Phi) is 3.58. The van der Waals surface area contributed by atoms with E-state index in [4.69, 9.17) is 0 Å². The number of fused-ring (bicyclic) bond motifs is 3. The Morgan fingerprint density at radius 3 is 2.50 bits per heavy atom. The summed E-state index contributed by atoms with van der Waals surface area (Å²) in [6, 6.07) is 0. The van der Waals surface area contributed by atoms with Gasteiger partial charge in [-0.05, 0) is 74.0 Å². The highest BCUT2D eigenvalue weighted by Gasteiger charge is 2.47. The van der Waals surface area contributed by atoms with E-state index in [0.29, 0.717) is 10.8 Å². The second-order valence-electron chi connectivity index (χ2n) is 9.08. The molecule has 2 bridgehead atoms. The van der Waals surface area contributed by atoms with Gasteiger partial charge in [0.15, 0.2) is 0 Å². The van der Waals surface area contributed by atoms with E-state index in [9.17, 15) is 0 Å². The molecule has 0 radical (unpaired) electrons. The van der Waals surface area contributed by atoms with Crippen molar-refractivity contribution < 1.29 is 0 Å². The molecule has 3 aliphatic rings. The molecule has 0 aromatic heterocycles. The minimum absolute atomic E-state index is 0.473. The quantitative estimate of drug-likeness (QED) is 0.450. The molecule has 3 rings (SSSR count). The molecule has 0 unspecified atom stereocenters. The zero-order valence-corrected chi connectivity index (χ0v) is 14.4. The van der Waals surface area contributed by atoms with Crippen LogP contribution in [0, 0.1) is 28.6 Å². The summed E-state index contributed by atoms with van der Waals surface area (Å²) in [7, 11) is 0. The largest absolute Gasteiger partial charge is 0.0736 e. The van der Waals surface area contributed by atoms with E-state index in [1.54, 1.807) is 5.57 Å². The summed E-state index contributed by atoms with van der Waals surface area (Å²) in [6.45, 7) is 12.7. The van der Waals surface area contributed by atoms with Gasteiger partial charge < -0.3 is 0 Å². The summed E-state index contributed by atoms with van der Waals surface area (Å²) < 4.78 is 0. The van der Waals surface area contributed by atoms with Gasteiger partial charge >= 0.3 is 0 Å². The van der Waals surface area contributed by atoms with Crippen molar-refractivity contribution in [3.05, 3.63) is 11.1 Å². The lowest BCUT2D eigenvalue weighted by Gasteiger charge is -2.53. The molecule has 0 nitrogen and oxygen atoms in total. The van der Waals surface area contributed by atoms with Gasteiger partial charge in [-0.2, -0.15) is 0 Å². The van der Waals surface area contributed by atoms with Gasteiger partial charge in [-0.1, -0.05) is 51.7 Å². The average molecular weight is 274 g/mol. The number of hydrogen-bond donors (Lipinski definition) is 0. The second kappa shape index (κ2) is 4.89. The van der Waals surface area contributed by atoms with Crippen LogP contribution in [0.3, 0.4) is 0 Å². The van der Waals surface area contributed by atoms with E-state index in [1.165, 1.54) is 51.4 Å². The van der Waals surface area contributed by atoms with Gasteiger partial charge in [0, 0.05) is 0 Å². The van der Waals surface area contributed by atoms with Gasteiger partial charge in [0.25, 0.3) is 0 Å². The van der Waals surface area contributed by atoms with Crippen LogP contribution >= 0.6 is 0 Å². The Morgan fingerprint density at radius 2 is 1.75 bits per heavy atom. The fourth-order valence-electron chi connectivity index (χ4n) is 6.09. The Balaban J connectivity index is 1.97. The molecule has 0 spiro atoms. The molecule has 114 valence electrons. The molecule has 0 saturated heterocycles. The summed E-state index contributed by atoms with van der Waals surface area (Å²) in [6.07, 6.45) is 11.6. The summed E-state index contributed by atoms with van der Waals surface area (Å²) in [5.74, 6) is 2.88. The predicted octanol–water partition coefficient (Wildman–Crippen LogP) is 6.37. The Morgan fingerprint density at radius 1 is 1.00 bits per heavy atom. The van der Waals surface area contributed by atoms with Crippen molar-refractivity contribution in [1.82, 2.24) is 0 Å². The van der Waals surface area contributed by atoms with Crippen molar-refractivity contribution >= 4 is 0 Å². The smallest absolute Gasteiger partial charge is 0.0114 e. The summed E-state index contributed by atoms with van der Waals surface area (Å²) in [4.78, 5) is 0. The van der Waals surface area contributed by atoms with Crippen LogP contribution in [0.1, 0.15) is 86.0 Å². The van der Waals surface area contributed by atoms with Gasteiger partial charge in [0.2, 0.25) is 0 Å². The third-order valence-electron chi connectivity index (χ3n) is 7.66. The number of hydrogen-bond acceptors (Lipinski definition) is 0. The van der Waals surface area contributed by atoms with Gasteiger partial charge in [-0.15, -0.1) is 0 Å². The summed E-state index contributed by atoms with van der Waals surface area (Å²) in [5.41, 5.74) is 4.68. The third-order valence-corrected chi connectivity index (χ3v) is 7.66. The highest BCUT2D eigenvalue weighted by molar-refractivity contribution is 5.25. The van der Waals surface area contributed by atoms with E-state index < -0.39 is 0 Å². The fourth-order valence-corrected chi connectivity index (χ4v) is 6.09. The first kappa shape index (κ1) is 14.7. The Labute approximate surface area is 126 Å². The van der Waals surface area contributed by atoms with Crippen LogP contribution in [-0.2, 0) is 0 Å². The van der Waals surface area contributed by atoms with E-state index >= 15 is 0 Å². The van der Waals surface area contributed by atoms with Crippen LogP contribution in [0.15, 0.2) is 11.1 Å². The molecule has 20 heavy (non-hydrogen) atoms. The molecule has 0 heteroatoms. The van der Waals surface area contributed by atoms with Crippen molar-refractivity contribution in [2.45, 2.75) is 86.0 Å². The maximum absolute atomic E-state index is 2.62. The summed E-state index contributed by atoms with van der Waals surface area (Å²) in [5, 5.41) is 0. The maximum atomic E-state index is 2.62. The van der Waals surface area contributed by atoms with Crippen molar-refractivity contribution in [1.29, 1.82) is 0 Å². The Bertz CT molecular complexity index is 414. The van der Waals surface area contributed by atoms with Gasteiger partial charge in [0.1, 0.15) is 0 Å². The molecule has 0 amide bonds. The molecule has 0 heterocycles. The van der Waals surface area contributed by atoms with E-state index in [1.807, 2.05) is 5.57 Å². The first-order chi connectivity index (χ1) is 9.34. The highest BCUT2D eigenvalue weighted by Crippen LogP contribution is 2.58. The van der Waals surface area contributed by atoms with Crippen molar-refractivity contribution in [2.24, 2.45) is 28.6 Å². The standard InChI is InChI=1S/C20H34/c1-14-7-6-11-20(5)12-10-17-15(2)8-9-16(13-18(14)20)19(17,3)4/h14,16,18H,6-13H2,1-5H3/t14-,16+,18-,20+/m1/s1. The molecule has 0 aromatic carbocycles. The third kappa shape index (κ3) is 2.18. The number of allylic oxidation sites excluding steroid dienone is 2. The zero-order chi connectivity index (χ0) is 14.5. The van der Waals surface area contributed by atoms with E-state index in [2.05, 4.69) is 34.6 Å². The minimum Gasteiger partial charge on any atom is -0.0736 e. The molecule has 2 fully saturated rings. The molecule has 0 N–H and O–H groups in total. The molecule has 4 atom stereocenters. The van der Waals surface area contributed by atoms with Crippen LogP contribution in [0.5, 0.6) is 0 Å². The molecule has 0 aliphatic heterocycles. The first-order valence-electron chi connectivity index (χ1n) is 9.04. The van der Waals surface area contributed by atoms with E-state index in [-0.39, 0.29) is 0 Å². The van der Waals surface area contributed by atoms with Crippen molar-refractivity contribution in [2.75, 3.05) is 0 Å². The lowest BCUT2D eigenvalue weighted by molar-refractivity contribution is 0.00534. The zero-order valence-electron chi connectivity index (χ0n) is 14.4. The Hall–Kier alpha value is -0.260. The van der Waals surface area contributed by atoms with Crippen molar-refractivity contribution in [3.63, 3.8) is 0 Å². The molecular formula is C20H34. The topological polar surface area (TPSA) is 0 Å². The predicted molar refractivity (Wildman–Crippen MR) is 87.7 cm³/mol. The molecule has 0 aromatic rings. The molecule has 3 aliphatic carbocycles. The van der Waals surface area contributed by atoms with E-state index in [0.717, 1.165) is 17.8 Å². The summed E-state index contributed by atoms with van der Waals surface area (Å²) >= 11 is 0. The monoisotopic (exact) mass is 274 g/mol. The number of rotatable bonds is 0. The van der Waals surface area contributed by atoms with Crippen molar-refractivity contribution in [3.8, 4) is 0 Å². The SMILES string of the molecule is CC1=C2CC[C@]3(C)CCC[C@@H](C)[C@H]3C[C@H](CC1)C2(C)C. The normalized spacial score (nSPS) is 44.5. The van der Waals surface area contributed by atoms with Crippen LogP contribution in [0.25, 0.3) is 0 Å². The molecule has 2 saturated carbocycles. The maximum Gasteiger partial charge on any atom is -0.0114 e. The van der Waals surface area contributed by atoms with Gasteiger partial charge in [0.05, 0.1) is 0 Å². The van der Waals surface area contributed by atoms with Gasteiger partial charge in [-0.25, -0.2) is 0 Å². The second-order valence-corrected chi connectivity index (χ2v) is 9.08. The molecular weight excluding hydrogens is 240 g/mol.